The van der Waals surface area contributed by atoms with Crippen molar-refractivity contribution in [2.75, 3.05) is 11.9 Å². The molecule has 1 atom stereocenters. The molecule has 2 aromatic carbocycles. The van der Waals surface area contributed by atoms with Crippen molar-refractivity contribution in [3.8, 4) is 0 Å². The van der Waals surface area contributed by atoms with E-state index in [1.807, 2.05) is 61.2 Å². The van der Waals surface area contributed by atoms with E-state index in [9.17, 15) is 4.79 Å². The van der Waals surface area contributed by atoms with E-state index in [2.05, 4.69) is 5.32 Å². The number of aryl methyl sites for hydroxylation is 2. The number of hydrogen-bond acceptors (Lipinski definition) is 1. The summed E-state index contributed by atoms with van der Waals surface area (Å²) in [7, 11) is 0. The predicted molar refractivity (Wildman–Crippen MR) is 95.1 cm³/mol. The lowest BCUT2D eigenvalue weighted by Crippen LogP contribution is -2.34. The molecule has 1 saturated heterocycles. The molecule has 0 bridgehead atoms. The first kappa shape index (κ1) is 15.9. The maximum Gasteiger partial charge on any atom is 0.322 e. The second kappa shape index (κ2) is 6.63. The number of urea groups is 1. The number of amides is 2. The zero-order valence-corrected chi connectivity index (χ0v) is 14.2. The highest BCUT2D eigenvalue weighted by atomic mass is 35.5. The maximum atomic E-state index is 12.7. The SMILES string of the molecule is Cc1ccc(C)c(NC(=O)N2CCCC2c2ccccc2Cl)c1. The molecule has 3 nitrogen and oxygen atoms in total. The van der Waals surface area contributed by atoms with Gasteiger partial charge in [0.1, 0.15) is 0 Å². The third-order valence-electron chi connectivity index (χ3n) is 4.41. The van der Waals surface area contributed by atoms with Gasteiger partial charge in [-0.25, -0.2) is 4.79 Å². The van der Waals surface area contributed by atoms with Gasteiger partial charge in [-0.3, -0.25) is 0 Å². The van der Waals surface area contributed by atoms with Crippen molar-refractivity contribution in [1.82, 2.24) is 4.90 Å². The standard InChI is InChI=1S/C19H21ClN2O/c1-13-9-10-14(2)17(12-13)21-19(23)22-11-5-8-18(22)15-6-3-4-7-16(15)20/h3-4,6-7,9-10,12,18H,5,8,11H2,1-2H3,(H,21,23). The van der Waals surface area contributed by atoms with Gasteiger partial charge in [-0.05, 0) is 55.5 Å². The van der Waals surface area contributed by atoms with Gasteiger partial charge in [-0.15, -0.1) is 0 Å². The van der Waals surface area contributed by atoms with E-state index in [0.29, 0.717) is 0 Å². The van der Waals surface area contributed by atoms with Gasteiger partial charge in [0, 0.05) is 17.3 Å². The molecule has 1 fully saturated rings. The van der Waals surface area contributed by atoms with Crippen molar-refractivity contribution in [1.29, 1.82) is 0 Å². The second-order valence-electron chi connectivity index (χ2n) is 6.12. The summed E-state index contributed by atoms with van der Waals surface area (Å²) in [6.45, 7) is 4.79. The smallest absolute Gasteiger partial charge is 0.317 e. The Morgan fingerprint density at radius 3 is 2.78 bits per heavy atom. The normalized spacial score (nSPS) is 17.3. The highest BCUT2D eigenvalue weighted by Crippen LogP contribution is 2.36. The summed E-state index contributed by atoms with van der Waals surface area (Å²) in [6.07, 6.45) is 1.94. The molecule has 1 N–H and O–H groups in total. The van der Waals surface area contributed by atoms with Crippen LogP contribution in [-0.4, -0.2) is 17.5 Å². The third kappa shape index (κ3) is 3.35. The maximum absolute atomic E-state index is 12.7. The van der Waals surface area contributed by atoms with Crippen molar-refractivity contribution in [3.63, 3.8) is 0 Å². The van der Waals surface area contributed by atoms with Crippen LogP contribution in [0, 0.1) is 13.8 Å². The van der Waals surface area contributed by atoms with E-state index >= 15 is 0 Å². The molecular weight excluding hydrogens is 308 g/mol. The first-order valence-electron chi connectivity index (χ1n) is 7.95. The summed E-state index contributed by atoms with van der Waals surface area (Å²) in [5.41, 5.74) is 4.11. The summed E-state index contributed by atoms with van der Waals surface area (Å²) in [5, 5.41) is 3.78. The van der Waals surface area contributed by atoms with Crippen LogP contribution in [0.25, 0.3) is 0 Å². The van der Waals surface area contributed by atoms with E-state index in [1.165, 1.54) is 0 Å². The number of carbonyl (C=O) groups excluding carboxylic acids is 1. The molecule has 23 heavy (non-hydrogen) atoms. The Hall–Kier alpha value is -2.00. The predicted octanol–water partition coefficient (Wildman–Crippen LogP) is 5.33. The molecule has 3 rings (SSSR count). The van der Waals surface area contributed by atoms with E-state index in [0.717, 1.165) is 46.8 Å². The van der Waals surface area contributed by atoms with E-state index in [-0.39, 0.29) is 12.1 Å². The highest BCUT2D eigenvalue weighted by molar-refractivity contribution is 6.31. The van der Waals surface area contributed by atoms with Gasteiger partial charge in [0.15, 0.2) is 0 Å². The lowest BCUT2D eigenvalue weighted by atomic mass is 10.0. The van der Waals surface area contributed by atoms with Crippen LogP contribution in [0.2, 0.25) is 5.02 Å². The molecule has 0 aliphatic carbocycles. The fraction of sp³-hybridized carbons (Fsp3) is 0.316. The fourth-order valence-electron chi connectivity index (χ4n) is 3.14. The number of nitrogens with one attached hydrogen (secondary N) is 1. The number of anilines is 1. The van der Waals surface area contributed by atoms with Gasteiger partial charge in [-0.1, -0.05) is 41.9 Å². The average Bonchev–Trinajstić information content (AvgIpc) is 3.01. The van der Waals surface area contributed by atoms with Gasteiger partial charge >= 0.3 is 6.03 Å². The Kier molecular flexibility index (Phi) is 4.58. The molecule has 0 aromatic heterocycles. The molecule has 2 aromatic rings. The minimum atomic E-state index is -0.0545. The Balaban J connectivity index is 1.81. The molecule has 0 saturated carbocycles. The van der Waals surface area contributed by atoms with Crippen LogP contribution >= 0.6 is 11.6 Å². The van der Waals surface area contributed by atoms with Gasteiger partial charge in [0.2, 0.25) is 0 Å². The molecule has 1 unspecified atom stereocenters. The molecule has 120 valence electrons. The van der Waals surface area contributed by atoms with E-state index in [1.54, 1.807) is 0 Å². The topological polar surface area (TPSA) is 32.3 Å². The first-order valence-corrected chi connectivity index (χ1v) is 8.33. The molecular formula is C19H21ClN2O. The summed E-state index contributed by atoms with van der Waals surface area (Å²) >= 11 is 6.32. The van der Waals surface area contributed by atoms with Gasteiger partial charge in [0.25, 0.3) is 0 Å². The highest BCUT2D eigenvalue weighted by Gasteiger charge is 2.31. The largest absolute Gasteiger partial charge is 0.322 e. The molecule has 1 aliphatic heterocycles. The van der Waals surface area contributed by atoms with Crippen LogP contribution in [-0.2, 0) is 0 Å². The summed E-state index contributed by atoms with van der Waals surface area (Å²) in [4.78, 5) is 14.6. The molecule has 0 radical (unpaired) electrons. The Morgan fingerprint density at radius 1 is 1.22 bits per heavy atom. The zero-order chi connectivity index (χ0) is 16.4. The number of hydrogen-bond donors (Lipinski definition) is 1. The number of likely N-dealkylation sites (tertiary alicyclic amines) is 1. The van der Waals surface area contributed by atoms with Gasteiger partial charge in [0.05, 0.1) is 6.04 Å². The van der Waals surface area contributed by atoms with Crippen LogP contribution < -0.4 is 5.32 Å². The molecule has 2 amide bonds. The van der Waals surface area contributed by atoms with Crippen molar-refractivity contribution >= 4 is 23.3 Å². The molecule has 4 heteroatoms. The lowest BCUT2D eigenvalue weighted by Gasteiger charge is -2.26. The number of carbonyl (C=O) groups is 1. The molecule has 1 heterocycles. The quantitative estimate of drug-likeness (QED) is 0.794. The minimum absolute atomic E-state index is 0.0498. The van der Waals surface area contributed by atoms with Crippen LogP contribution in [0.5, 0.6) is 0 Å². The number of rotatable bonds is 2. The summed E-state index contributed by atoms with van der Waals surface area (Å²) in [6, 6.07) is 13.9. The number of halogens is 1. The van der Waals surface area contributed by atoms with Crippen LogP contribution in [0.3, 0.4) is 0 Å². The molecule has 0 spiro atoms. The van der Waals surface area contributed by atoms with Gasteiger partial charge in [-0.2, -0.15) is 0 Å². The van der Waals surface area contributed by atoms with E-state index < -0.39 is 0 Å². The number of benzene rings is 2. The fourth-order valence-corrected chi connectivity index (χ4v) is 3.40. The van der Waals surface area contributed by atoms with Crippen molar-refractivity contribution in [2.24, 2.45) is 0 Å². The Morgan fingerprint density at radius 2 is 2.00 bits per heavy atom. The first-order chi connectivity index (χ1) is 11.1. The Labute approximate surface area is 142 Å². The average molecular weight is 329 g/mol. The van der Waals surface area contributed by atoms with Crippen molar-refractivity contribution in [3.05, 3.63) is 64.2 Å². The monoisotopic (exact) mass is 328 g/mol. The third-order valence-corrected chi connectivity index (χ3v) is 4.76. The zero-order valence-electron chi connectivity index (χ0n) is 13.5. The molecule has 1 aliphatic rings. The minimum Gasteiger partial charge on any atom is -0.317 e. The summed E-state index contributed by atoms with van der Waals surface area (Å²) in [5.74, 6) is 0. The van der Waals surface area contributed by atoms with Crippen LogP contribution in [0.1, 0.15) is 35.6 Å². The van der Waals surface area contributed by atoms with Crippen LogP contribution in [0.4, 0.5) is 10.5 Å². The second-order valence-corrected chi connectivity index (χ2v) is 6.53. The van der Waals surface area contributed by atoms with Crippen molar-refractivity contribution in [2.45, 2.75) is 32.7 Å². The van der Waals surface area contributed by atoms with Crippen molar-refractivity contribution < 1.29 is 4.79 Å². The Bertz CT molecular complexity index is 729. The van der Waals surface area contributed by atoms with Gasteiger partial charge < -0.3 is 10.2 Å². The lowest BCUT2D eigenvalue weighted by molar-refractivity contribution is 0.207. The van der Waals surface area contributed by atoms with E-state index in [4.69, 9.17) is 11.6 Å². The summed E-state index contributed by atoms with van der Waals surface area (Å²) < 4.78 is 0. The number of nitrogens with zero attached hydrogens (tertiary/aromatic N) is 1. The van der Waals surface area contributed by atoms with Crippen LogP contribution in [0.15, 0.2) is 42.5 Å².